The molecule has 1 amide bonds. The van der Waals surface area contributed by atoms with E-state index in [0.29, 0.717) is 17.1 Å². The Labute approximate surface area is 195 Å². The number of nitrogens with two attached hydrogens (primary N) is 1. The molecule has 0 spiro atoms. The van der Waals surface area contributed by atoms with Crippen molar-refractivity contribution in [2.24, 2.45) is 5.73 Å². The van der Waals surface area contributed by atoms with Crippen LogP contribution in [0.1, 0.15) is 42.0 Å². The van der Waals surface area contributed by atoms with Gasteiger partial charge in [-0.15, -0.1) is 0 Å². The summed E-state index contributed by atoms with van der Waals surface area (Å²) in [6, 6.07) is 11.1. The van der Waals surface area contributed by atoms with Gasteiger partial charge in [0, 0.05) is 43.5 Å². The predicted octanol–water partition coefficient (Wildman–Crippen LogP) is 4.25. The van der Waals surface area contributed by atoms with Crippen molar-refractivity contribution < 1.29 is 14.3 Å². The van der Waals surface area contributed by atoms with Gasteiger partial charge in [0.05, 0.1) is 12.1 Å². The first-order valence-corrected chi connectivity index (χ1v) is 11.6. The molecule has 6 nitrogen and oxygen atoms in total. The molecule has 7 heteroatoms. The molecule has 0 bridgehead atoms. The number of carbonyl (C=O) groups excluding carboxylic acids is 1. The second kappa shape index (κ2) is 9.59. The summed E-state index contributed by atoms with van der Waals surface area (Å²) in [5.41, 5.74) is 10.1. The van der Waals surface area contributed by atoms with E-state index in [1.807, 2.05) is 18.2 Å². The van der Waals surface area contributed by atoms with Crippen LogP contribution in [0.25, 0.3) is 0 Å². The number of hydrogen-bond donors (Lipinski definition) is 1. The summed E-state index contributed by atoms with van der Waals surface area (Å²) in [6.07, 6.45) is 3.57. The first-order chi connectivity index (χ1) is 15.4. The number of amides is 1. The van der Waals surface area contributed by atoms with Crippen LogP contribution in [0.3, 0.4) is 0 Å². The van der Waals surface area contributed by atoms with Gasteiger partial charge in [-0.2, -0.15) is 0 Å². The lowest BCUT2D eigenvalue weighted by Gasteiger charge is -2.49. The molecule has 2 atom stereocenters. The maximum Gasteiger partial charge on any atom is 0.255 e. The zero-order valence-corrected chi connectivity index (χ0v) is 19.8. The van der Waals surface area contributed by atoms with E-state index in [0.717, 1.165) is 48.8 Å². The van der Waals surface area contributed by atoms with Gasteiger partial charge < -0.3 is 20.1 Å². The van der Waals surface area contributed by atoms with Crippen molar-refractivity contribution in [2.45, 2.75) is 45.2 Å². The second-order valence-corrected chi connectivity index (χ2v) is 9.17. The van der Waals surface area contributed by atoms with Crippen molar-refractivity contribution in [1.82, 2.24) is 4.90 Å². The van der Waals surface area contributed by atoms with Gasteiger partial charge in [-0.1, -0.05) is 17.7 Å². The van der Waals surface area contributed by atoms with Crippen LogP contribution in [-0.2, 0) is 4.79 Å². The number of piperidine rings is 1. The minimum atomic E-state index is -0.461. The number of anilines is 1. The zero-order valence-electron chi connectivity index (χ0n) is 19.1. The van der Waals surface area contributed by atoms with Crippen LogP contribution in [0.2, 0.25) is 5.02 Å². The molecule has 0 radical (unpaired) electrons. The van der Waals surface area contributed by atoms with Gasteiger partial charge in [0.1, 0.15) is 11.5 Å². The van der Waals surface area contributed by atoms with Crippen molar-refractivity contribution in [3.8, 4) is 11.5 Å². The van der Waals surface area contributed by atoms with Crippen LogP contribution in [0, 0.1) is 13.8 Å². The molecule has 0 aromatic heterocycles. The third-order valence-electron chi connectivity index (χ3n) is 6.95. The van der Waals surface area contributed by atoms with Gasteiger partial charge in [-0.25, -0.2) is 0 Å². The molecule has 0 saturated carbocycles. The van der Waals surface area contributed by atoms with E-state index >= 15 is 0 Å². The van der Waals surface area contributed by atoms with Crippen molar-refractivity contribution in [1.29, 1.82) is 0 Å². The third kappa shape index (κ3) is 4.52. The standard InChI is InChI=1S/C25H32ClN3O3/c1-16-17(2)23(32-15-25(27)30)10-8-20(16)22-6-4-5-19-14-28(11-12-29(19)22)18-7-9-21(26)24(13-18)31-3/h7-10,13,19,22H,4-6,11-12,14-15H2,1-3H3,(H2,27,30)/t19?,22-/m1/s1. The fourth-order valence-electron chi connectivity index (χ4n) is 5.15. The van der Waals surface area contributed by atoms with Gasteiger partial charge in [0.2, 0.25) is 0 Å². The van der Waals surface area contributed by atoms with Gasteiger partial charge >= 0.3 is 0 Å². The quantitative estimate of drug-likeness (QED) is 0.702. The van der Waals surface area contributed by atoms with E-state index < -0.39 is 5.91 Å². The summed E-state index contributed by atoms with van der Waals surface area (Å²) < 4.78 is 11.0. The van der Waals surface area contributed by atoms with E-state index in [2.05, 4.69) is 35.8 Å². The molecule has 2 aromatic carbocycles. The molecule has 32 heavy (non-hydrogen) atoms. The van der Waals surface area contributed by atoms with E-state index in [1.165, 1.54) is 24.0 Å². The zero-order chi connectivity index (χ0) is 22.8. The fraction of sp³-hybridized carbons (Fsp3) is 0.480. The third-order valence-corrected chi connectivity index (χ3v) is 7.26. The van der Waals surface area contributed by atoms with E-state index in [9.17, 15) is 4.79 Å². The lowest BCUT2D eigenvalue weighted by atomic mass is 9.86. The monoisotopic (exact) mass is 457 g/mol. The first-order valence-electron chi connectivity index (χ1n) is 11.2. The molecule has 2 heterocycles. The van der Waals surface area contributed by atoms with Crippen molar-refractivity contribution in [2.75, 3.05) is 38.3 Å². The maximum atomic E-state index is 11.1. The number of carbonyl (C=O) groups is 1. The molecule has 0 aliphatic carbocycles. The molecule has 1 unspecified atom stereocenters. The smallest absolute Gasteiger partial charge is 0.255 e. The number of hydrogen-bond acceptors (Lipinski definition) is 5. The molecule has 2 saturated heterocycles. The Hall–Kier alpha value is -2.44. The minimum Gasteiger partial charge on any atom is -0.495 e. The predicted molar refractivity (Wildman–Crippen MR) is 128 cm³/mol. The van der Waals surface area contributed by atoms with Gasteiger partial charge in [0.25, 0.3) is 5.91 Å². The number of nitrogens with zero attached hydrogens (tertiary/aromatic N) is 2. The number of methoxy groups -OCH3 is 1. The summed E-state index contributed by atoms with van der Waals surface area (Å²) in [4.78, 5) is 16.2. The van der Waals surface area contributed by atoms with E-state index in [4.69, 9.17) is 26.8 Å². The molecule has 2 fully saturated rings. The largest absolute Gasteiger partial charge is 0.495 e. The Morgan fingerprint density at radius 2 is 1.94 bits per heavy atom. The van der Waals surface area contributed by atoms with Crippen LogP contribution in [0.5, 0.6) is 11.5 Å². The van der Waals surface area contributed by atoms with Crippen LogP contribution < -0.4 is 20.1 Å². The van der Waals surface area contributed by atoms with Crippen molar-refractivity contribution in [3.63, 3.8) is 0 Å². The van der Waals surface area contributed by atoms with Crippen molar-refractivity contribution >= 4 is 23.2 Å². The van der Waals surface area contributed by atoms with E-state index in [-0.39, 0.29) is 6.61 Å². The molecule has 2 N–H and O–H groups in total. The number of primary amides is 1. The summed E-state index contributed by atoms with van der Waals surface area (Å²) in [5, 5.41) is 0.640. The summed E-state index contributed by atoms with van der Waals surface area (Å²) in [5.74, 6) is 0.995. The maximum absolute atomic E-state index is 11.1. The molecule has 2 aliphatic heterocycles. The Bertz CT molecular complexity index is 997. The van der Waals surface area contributed by atoms with Gasteiger partial charge in [0.15, 0.2) is 6.61 Å². The number of piperazine rings is 1. The molecular weight excluding hydrogens is 426 g/mol. The summed E-state index contributed by atoms with van der Waals surface area (Å²) in [6.45, 7) is 7.10. The molecule has 4 rings (SSSR count). The SMILES string of the molecule is COc1cc(N2CCN3C(CCC[C@@H]3c3ccc(OCC(N)=O)c(C)c3C)C2)ccc1Cl. The number of benzene rings is 2. The van der Waals surface area contributed by atoms with Gasteiger partial charge in [-0.05, 0) is 68.0 Å². The average molecular weight is 458 g/mol. The lowest BCUT2D eigenvalue weighted by Crippen LogP contribution is -2.56. The Morgan fingerprint density at radius 3 is 2.69 bits per heavy atom. The Kier molecular flexibility index (Phi) is 6.82. The second-order valence-electron chi connectivity index (χ2n) is 8.76. The van der Waals surface area contributed by atoms with Gasteiger partial charge in [-0.3, -0.25) is 9.69 Å². The highest BCUT2D eigenvalue weighted by molar-refractivity contribution is 6.32. The lowest BCUT2D eigenvalue weighted by molar-refractivity contribution is -0.119. The number of ether oxygens (including phenoxy) is 2. The Morgan fingerprint density at radius 1 is 1.12 bits per heavy atom. The number of fused-ring (bicyclic) bond motifs is 1. The number of halogens is 1. The average Bonchev–Trinajstić information content (AvgIpc) is 2.79. The van der Waals surface area contributed by atoms with Crippen LogP contribution in [0.4, 0.5) is 5.69 Å². The Balaban J connectivity index is 1.52. The summed E-state index contributed by atoms with van der Waals surface area (Å²) in [7, 11) is 1.66. The minimum absolute atomic E-state index is 0.0947. The van der Waals surface area contributed by atoms with Crippen LogP contribution in [0.15, 0.2) is 30.3 Å². The number of rotatable bonds is 6. The highest BCUT2D eigenvalue weighted by atomic mass is 35.5. The molecule has 2 aromatic rings. The topological polar surface area (TPSA) is 68.0 Å². The van der Waals surface area contributed by atoms with E-state index in [1.54, 1.807) is 7.11 Å². The molecule has 172 valence electrons. The van der Waals surface area contributed by atoms with Crippen LogP contribution >= 0.6 is 11.6 Å². The first kappa shape index (κ1) is 22.7. The fourth-order valence-corrected chi connectivity index (χ4v) is 5.34. The van der Waals surface area contributed by atoms with Crippen LogP contribution in [-0.4, -0.2) is 50.2 Å². The molecule has 2 aliphatic rings. The van der Waals surface area contributed by atoms with Crippen molar-refractivity contribution in [3.05, 3.63) is 52.0 Å². The highest BCUT2D eigenvalue weighted by Gasteiger charge is 2.36. The molecular formula is C25H32ClN3O3. The highest BCUT2D eigenvalue weighted by Crippen LogP contribution is 2.40. The normalized spacial score (nSPS) is 21.2. The summed E-state index contributed by atoms with van der Waals surface area (Å²) >= 11 is 6.22.